The molecule has 2 heterocycles. The van der Waals surface area contributed by atoms with Crippen LogP contribution in [0, 0.1) is 0 Å². The molecule has 0 amide bonds. The predicted molar refractivity (Wildman–Crippen MR) is 65.5 cm³/mol. The Labute approximate surface area is 101 Å². The standard InChI is InChI=1S/C13H16N2O2/c1-16-12-5-3-2-4-10(12)11-8-13(17-15-11)6-7-14-9-13/h2-5,14H,6-9H2,1H3. The second-order valence-electron chi connectivity index (χ2n) is 4.62. The lowest BCUT2D eigenvalue weighted by Gasteiger charge is -2.18. The maximum atomic E-state index is 5.64. The zero-order valence-electron chi connectivity index (χ0n) is 9.90. The van der Waals surface area contributed by atoms with E-state index in [2.05, 4.69) is 10.5 Å². The molecule has 0 saturated carbocycles. The highest BCUT2D eigenvalue weighted by atomic mass is 16.7. The smallest absolute Gasteiger partial charge is 0.156 e. The molecule has 0 aromatic heterocycles. The van der Waals surface area contributed by atoms with Gasteiger partial charge in [-0.05, 0) is 18.7 Å². The maximum Gasteiger partial charge on any atom is 0.156 e. The molecule has 2 aliphatic heterocycles. The van der Waals surface area contributed by atoms with Gasteiger partial charge in [0.2, 0.25) is 0 Å². The van der Waals surface area contributed by atoms with E-state index in [1.54, 1.807) is 7.11 Å². The first-order valence-electron chi connectivity index (χ1n) is 5.92. The van der Waals surface area contributed by atoms with Gasteiger partial charge in [-0.15, -0.1) is 0 Å². The Morgan fingerprint density at radius 1 is 1.41 bits per heavy atom. The van der Waals surface area contributed by atoms with Crippen molar-refractivity contribution in [1.29, 1.82) is 0 Å². The van der Waals surface area contributed by atoms with Crippen LogP contribution in [0.15, 0.2) is 29.4 Å². The first-order valence-corrected chi connectivity index (χ1v) is 5.92. The van der Waals surface area contributed by atoms with Crippen LogP contribution >= 0.6 is 0 Å². The van der Waals surface area contributed by atoms with Crippen LogP contribution in [0.2, 0.25) is 0 Å². The SMILES string of the molecule is COc1ccccc1C1=NOC2(CCNC2)C1. The van der Waals surface area contributed by atoms with E-state index in [9.17, 15) is 0 Å². The summed E-state index contributed by atoms with van der Waals surface area (Å²) < 4.78 is 5.36. The predicted octanol–water partition coefficient (Wildman–Crippen LogP) is 1.55. The van der Waals surface area contributed by atoms with Gasteiger partial charge in [0.15, 0.2) is 5.60 Å². The highest BCUT2D eigenvalue weighted by Crippen LogP contribution is 2.34. The van der Waals surface area contributed by atoms with Gasteiger partial charge in [-0.2, -0.15) is 0 Å². The van der Waals surface area contributed by atoms with Gasteiger partial charge in [-0.25, -0.2) is 0 Å². The average Bonchev–Trinajstić information content (AvgIpc) is 3.00. The monoisotopic (exact) mass is 232 g/mol. The lowest BCUT2D eigenvalue weighted by molar-refractivity contribution is -0.00190. The Bertz CT molecular complexity index is 450. The summed E-state index contributed by atoms with van der Waals surface area (Å²) in [6, 6.07) is 7.95. The van der Waals surface area contributed by atoms with E-state index in [1.807, 2.05) is 24.3 Å². The van der Waals surface area contributed by atoms with Crippen molar-refractivity contribution in [1.82, 2.24) is 5.32 Å². The Hall–Kier alpha value is -1.55. The molecule has 4 heteroatoms. The van der Waals surface area contributed by atoms with E-state index >= 15 is 0 Å². The molecule has 1 spiro atoms. The molecule has 1 fully saturated rings. The first kappa shape index (κ1) is 10.6. The minimum Gasteiger partial charge on any atom is -0.496 e. The summed E-state index contributed by atoms with van der Waals surface area (Å²) in [4.78, 5) is 5.64. The number of rotatable bonds is 2. The molecule has 4 nitrogen and oxygen atoms in total. The molecule has 90 valence electrons. The van der Waals surface area contributed by atoms with E-state index in [0.717, 1.165) is 43.0 Å². The van der Waals surface area contributed by atoms with Crippen LogP contribution in [0.5, 0.6) is 5.75 Å². The van der Waals surface area contributed by atoms with Crippen LogP contribution in [-0.2, 0) is 4.84 Å². The van der Waals surface area contributed by atoms with Crippen LogP contribution in [0.1, 0.15) is 18.4 Å². The zero-order valence-corrected chi connectivity index (χ0v) is 9.90. The Morgan fingerprint density at radius 2 is 2.29 bits per heavy atom. The van der Waals surface area contributed by atoms with Crippen molar-refractivity contribution in [3.05, 3.63) is 29.8 Å². The van der Waals surface area contributed by atoms with Gasteiger partial charge in [-0.1, -0.05) is 17.3 Å². The van der Waals surface area contributed by atoms with Crippen molar-refractivity contribution in [3.63, 3.8) is 0 Å². The third-order valence-corrected chi connectivity index (χ3v) is 3.46. The van der Waals surface area contributed by atoms with Crippen molar-refractivity contribution < 1.29 is 9.57 Å². The summed E-state index contributed by atoms with van der Waals surface area (Å²) in [5.41, 5.74) is 1.92. The summed E-state index contributed by atoms with van der Waals surface area (Å²) in [5, 5.41) is 7.57. The Kier molecular flexibility index (Phi) is 2.52. The molecule has 1 saturated heterocycles. The van der Waals surface area contributed by atoms with E-state index in [1.165, 1.54) is 0 Å². The third kappa shape index (κ3) is 1.78. The fourth-order valence-corrected chi connectivity index (χ4v) is 2.50. The van der Waals surface area contributed by atoms with Crippen molar-refractivity contribution in [3.8, 4) is 5.75 Å². The van der Waals surface area contributed by atoms with Gasteiger partial charge < -0.3 is 14.9 Å². The molecule has 17 heavy (non-hydrogen) atoms. The van der Waals surface area contributed by atoms with Crippen molar-refractivity contribution in [2.24, 2.45) is 5.16 Å². The molecule has 1 aromatic rings. The topological polar surface area (TPSA) is 42.9 Å². The minimum absolute atomic E-state index is 0.115. The summed E-state index contributed by atoms with van der Waals surface area (Å²) in [6.45, 7) is 1.89. The van der Waals surface area contributed by atoms with Crippen LogP contribution in [-0.4, -0.2) is 31.5 Å². The number of methoxy groups -OCH3 is 1. The third-order valence-electron chi connectivity index (χ3n) is 3.46. The van der Waals surface area contributed by atoms with E-state index < -0.39 is 0 Å². The van der Waals surface area contributed by atoms with Gasteiger partial charge in [0, 0.05) is 24.9 Å². The number of para-hydroxylation sites is 1. The zero-order chi connectivity index (χ0) is 11.7. The second-order valence-corrected chi connectivity index (χ2v) is 4.62. The van der Waals surface area contributed by atoms with Gasteiger partial charge in [0.05, 0.1) is 12.8 Å². The fourth-order valence-electron chi connectivity index (χ4n) is 2.50. The van der Waals surface area contributed by atoms with Crippen LogP contribution in [0.3, 0.4) is 0 Å². The molecule has 0 radical (unpaired) electrons. The first-order chi connectivity index (χ1) is 8.33. The Balaban J connectivity index is 1.86. The number of nitrogens with zero attached hydrogens (tertiary/aromatic N) is 1. The highest BCUT2D eigenvalue weighted by Gasteiger charge is 2.42. The number of hydrogen-bond donors (Lipinski definition) is 1. The van der Waals surface area contributed by atoms with Crippen molar-refractivity contribution in [2.75, 3.05) is 20.2 Å². The average molecular weight is 232 g/mol. The van der Waals surface area contributed by atoms with Crippen molar-refractivity contribution in [2.45, 2.75) is 18.4 Å². The van der Waals surface area contributed by atoms with Crippen LogP contribution in [0.25, 0.3) is 0 Å². The highest BCUT2D eigenvalue weighted by molar-refractivity contribution is 6.03. The molecule has 0 bridgehead atoms. The summed E-state index contributed by atoms with van der Waals surface area (Å²) in [5.74, 6) is 0.859. The number of hydrogen-bond acceptors (Lipinski definition) is 4. The number of oxime groups is 1. The normalized spacial score (nSPS) is 27.0. The van der Waals surface area contributed by atoms with E-state index in [-0.39, 0.29) is 5.60 Å². The van der Waals surface area contributed by atoms with Gasteiger partial charge in [-0.3, -0.25) is 0 Å². The lowest BCUT2D eigenvalue weighted by Crippen LogP contribution is -2.31. The molecule has 1 unspecified atom stereocenters. The molecular formula is C13H16N2O2. The second kappa shape index (κ2) is 4.04. The quantitative estimate of drug-likeness (QED) is 0.841. The van der Waals surface area contributed by atoms with Crippen LogP contribution < -0.4 is 10.1 Å². The lowest BCUT2D eigenvalue weighted by atomic mass is 9.93. The molecular weight excluding hydrogens is 216 g/mol. The fraction of sp³-hybridized carbons (Fsp3) is 0.462. The minimum atomic E-state index is -0.115. The largest absolute Gasteiger partial charge is 0.496 e. The van der Waals surface area contributed by atoms with Gasteiger partial charge in [0.25, 0.3) is 0 Å². The van der Waals surface area contributed by atoms with E-state index in [4.69, 9.17) is 9.57 Å². The van der Waals surface area contributed by atoms with Crippen LogP contribution in [0.4, 0.5) is 0 Å². The van der Waals surface area contributed by atoms with Gasteiger partial charge in [0.1, 0.15) is 5.75 Å². The molecule has 1 N–H and O–H groups in total. The number of nitrogens with one attached hydrogen (secondary N) is 1. The molecule has 1 aromatic carbocycles. The number of benzene rings is 1. The molecule has 1 atom stereocenters. The van der Waals surface area contributed by atoms with Gasteiger partial charge >= 0.3 is 0 Å². The summed E-state index contributed by atoms with van der Waals surface area (Å²) in [6.07, 6.45) is 1.88. The van der Waals surface area contributed by atoms with Crippen molar-refractivity contribution >= 4 is 5.71 Å². The number of ether oxygens (including phenoxy) is 1. The van der Waals surface area contributed by atoms with E-state index in [0.29, 0.717) is 0 Å². The molecule has 3 rings (SSSR count). The summed E-state index contributed by atoms with van der Waals surface area (Å²) in [7, 11) is 1.68. The molecule has 2 aliphatic rings. The molecule has 0 aliphatic carbocycles. The Morgan fingerprint density at radius 3 is 3.06 bits per heavy atom. The maximum absolute atomic E-state index is 5.64. The summed E-state index contributed by atoms with van der Waals surface area (Å²) >= 11 is 0.